The molecular weight excluding hydrogens is 216 g/mol. The van der Waals surface area contributed by atoms with Gasteiger partial charge >= 0.3 is 0 Å². The maximum Gasteiger partial charge on any atom is 0.225 e. The van der Waals surface area contributed by atoms with E-state index in [1.54, 1.807) is 6.92 Å². The summed E-state index contributed by atoms with van der Waals surface area (Å²) in [6.07, 6.45) is 2.79. The van der Waals surface area contributed by atoms with E-state index < -0.39 is 0 Å². The van der Waals surface area contributed by atoms with Gasteiger partial charge in [-0.05, 0) is 46.3 Å². The van der Waals surface area contributed by atoms with Gasteiger partial charge in [0.2, 0.25) is 5.91 Å². The monoisotopic (exact) mass is 238 g/mol. The van der Waals surface area contributed by atoms with Crippen molar-refractivity contribution in [3.8, 4) is 0 Å². The third-order valence-electron chi connectivity index (χ3n) is 4.14. The molecule has 4 nitrogen and oxygen atoms in total. The predicted molar refractivity (Wildman–Crippen MR) is 65.6 cm³/mol. The van der Waals surface area contributed by atoms with Gasteiger partial charge in [0.05, 0.1) is 0 Å². The Labute approximate surface area is 103 Å². The Hall–Kier alpha value is -0.900. The first-order valence-corrected chi connectivity index (χ1v) is 6.55. The van der Waals surface area contributed by atoms with Gasteiger partial charge in [0.25, 0.3) is 0 Å². The van der Waals surface area contributed by atoms with E-state index in [0.717, 1.165) is 38.9 Å². The molecule has 0 bridgehead atoms. The smallest absolute Gasteiger partial charge is 0.225 e. The first kappa shape index (κ1) is 12.6. The third kappa shape index (κ3) is 2.86. The van der Waals surface area contributed by atoms with Crippen LogP contribution >= 0.6 is 0 Å². The SMILES string of the molecule is CC(=O)C1CCN(C(=O)C2CCN(C)CC2)C1. The van der Waals surface area contributed by atoms with Crippen molar-refractivity contribution in [3.05, 3.63) is 0 Å². The van der Waals surface area contributed by atoms with Gasteiger partial charge in [-0.2, -0.15) is 0 Å². The second-order valence-electron chi connectivity index (χ2n) is 5.46. The van der Waals surface area contributed by atoms with Gasteiger partial charge in [-0.25, -0.2) is 0 Å². The summed E-state index contributed by atoms with van der Waals surface area (Å²) in [7, 11) is 2.10. The number of hydrogen-bond donors (Lipinski definition) is 0. The van der Waals surface area contributed by atoms with E-state index >= 15 is 0 Å². The summed E-state index contributed by atoms with van der Waals surface area (Å²) < 4.78 is 0. The molecule has 1 unspecified atom stereocenters. The van der Waals surface area contributed by atoms with Crippen molar-refractivity contribution in [1.29, 1.82) is 0 Å². The Morgan fingerprint density at radius 2 is 1.59 bits per heavy atom. The average molecular weight is 238 g/mol. The number of hydrogen-bond acceptors (Lipinski definition) is 3. The Kier molecular flexibility index (Phi) is 3.82. The van der Waals surface area contributed by atoms with Crippen LogP contribution in [-0.2, 0) is 9.59 Å². The van der Waals surface area contributed by atoms with Gasteiger partial charge in [-0.3, -0.25) is 9.59 Å². The van der Waals surface area contributed by atoms with Crippen LogP contribution < -0.4 is 0 Å². The van der Waals surface area contributed by atoms with E-state index in [2.05, 4.69) is 11.9 Å². The largest absolute Gasteiger partial charge is 0.342 e. The summed E-state index contributed by atoms with van der Waals surface area (Å²) >= 11 is 0. The molecule has 17 heavy (non-hydrogen) atoms. The minimum Gasteiger partial charge on any atom is -0.342 e. The van der Waals surface area contributed by atoms with E-state index in [1.165, 1.54) is 0 Å². The molecule has 1 atom stereocenters. The number of piperidine rings is 1. The lowest BCUT2D eigenvalue weighted by molar-refractivity contribution is -0.136. The fourth-order valence-corrected chi connectivity index (χ4v) is 2.81. The zero-order chi connectivity index (χ0) is 12.4. The van der Waals surface area contributed by atoms with Gasteiger partial charge in [0.1, 0.15) is 5.78 Å². The number of carbonyl (C=O) groups is 2. The highest BCUT2D eigenvalue weighted by Gasteiger charge is 2.33. The molecule has 0 aromatic heterocycles. The van der Waals surface area contributed by atoms with Gasteiger partial charge in [-0.1, -0.05) is 0 Å². The van der Waals surface area contributed by atoms with E-state index in [0.29, 0.717) is 6.54 Å². The fraction of sp³-hybridized carbons (Fsp3) is 0.846. The van der Waals surface area contributed by atoms with Crippen molar-refractivity contribution in [2.45, 2.75) is 26.2 Å². The van der Waals surface area contributed by atoms with Crippen molar-refractivity contribution in [2.24, 2.45) is 11.8 Å². The summed E-state index contributed by atoms with van der Waals surface area (Å²) in [4.78, 5) is 27.7. The third-order valence-corrected chi connectivity index (χ3v) is 4.14. The summed E-state index contributed by atoms with van der Waals surface area (Å²) in [5, 5.41) is 0. The zero-order valence-corrected chi connectivity index (χ0v) is 10.8. The van der Waals surface area contributed by atoms with E-state index in [-0.39, 0.29) is 23.5 Å². The molecule has 2 fully saturated rings. The molecule has 0 saturated carbocycles. The first-order chi connectivity index (χ1) is 8.08. The van der Waals surface area contributed by atoms with Crippen molar-refractivity contribution >= 4 is 11.7 Å². The molecule has 0 N–H and O–H groups in total. The summed E-state index contributed by atoms with van der Waals surface area (Å²) in [5.41, 5.74) is 0. The highest BCUT2D eigenvalue weighted by Crippen LogP contribution is 2.23. The Morgan fingerprint density at radius 1 is 1.00 bits per heavy atom. The van der Waals surface area contributed by atoms with Crippen molar-refractivity contribution in [2.75, 3.05) is 33.2 Å². The standard InChI is InChI=1S/C13H22N2O2/c1-10(16)12-5-8-15(9-12)13(17)11-3-6-14(2)7-4-11/h11-12H,3-9H2,1-2H3. The Balaban J connectivity index is 1.86. The lowest BCUT2D eigenvalue weighted by Gasteiger charge is -2.30. The predicted octanol–water partition coefficient (Wildman–Crippen LogP) is 0.766. The lowest BCUT2D eigenvalue weighted by atomic mass is 9.95. The molecule has 2 rings (SSSR count). The summed E-state index contributed by atoms with van der Waals surface area (Å²) in [5.74, 6) is 0.785. The van der Waals surface area contributed by atoms with Crippen molar-refractivity contribution in [1.82, 2.24) is 9.80 Å². The molecule has 1 amide bonds. The van der Waals surface area contributed by atoms with Gasteiger partial charge in [0, 0.05) is 24.9 Å². The molecule has 0 aliphatic carbocycles. The van der Waals surface area contributed by atoms with Crippen LogP contribution in [0, 0.1) is 11.8 Å². The van der Waals surface area contributed by atoms with Crippen molar-refractivity contribution in [3.63, 3.8) is 0 Å². The number of carbonyl (C=O) groups excluding carboxylic acids is 2. The molecule has 0 radical (unpaired) electrons. The normalized spacial score (nSPS) is 27.4. The molecule has 2 heterocycles. The number of ketones is 1. The number of amides is 1. The van der Waals surface area contributed by atoms with Crippen LogP contribution in [-0.4, -0.2) is 54.7 Å². The summed E-state index contributed by atoms with van der Waals surface area (Å²) in [6.45, 7) is 5.09. The van der Waals surface area contributed by atoms with Crippen molar-refractivity contribution < 1.29 is 9.59 Å². The molecule has 0 aromatic rings. The maximum atomic E-state index is 12.3. The van der Waals surface area contributed by atoms with Crippen LogP contribution in [0.15, 0.2) is 0 Å². The minimum atomic E-state index is 0.0882. The zero-order valence-electron chi connectivity index (χ0n) is 10.8. The van der Waals surface area contributed by atoms with Crippen LogP contribution in [0.2, 0.25) is 0 Å². The molecule has 0 spiro atoms. The fourth-order valence-electron chi connectivity index (χ4n) is 2.81. The van der Waals surface area contributed by atoms with Gasteiger partial charge < -0.3 is 9.80 Å². The number of Topliss-reactive ketones (excluding diaryl/α,β-unsaturated/α-hetero) is 1. The second kappa shape index (κ2) is 5.17. The maximum absolute atomic E-state index is 12.3. The van der Waals surface area contributed by atoms with Crippen LogP contribution in [0.3, 0.4) is 0 Å². The summed E-state index contributed by atoms with van der Waals surface area (Å²) in [6, 6.07) is 0. The highest BCUT2D eigenvalue weighted by atomic mass is 16.2. The molecule has 4 heteroatoms. The van der Waals surface area contributed by atoms with Gasteiger partial charge in [-0.15, -0.1) is 0 Å². The van der Waals surface area contributed by atoms with E-state index in [9.17, 15) is 9.59 Å². The molecule has 2 saturated heterocycles. The van der Waals surface area contributed by atoms with Crippen LogP contribution in [0.1, 0.15) is 26.2 Å². The molecular formula is C13H22N2O2. The Morgan fingerprint density at radius 3 is 2.12 bits per heavy atom. The Bertz CT molecular complexity index is 309. The molecule has 0 aromatic carbocycles. The van der Waals surface area contributed by atoms with Gasteiger partial charge in [0.15, 0.2) is 0 Å². The topological polar surface area (TPSA) is 40.6 Å². The quantitative estimate of drug-likeness (QED) is 0.713. The van der Waals surface area contributed by atoms with E-state index in [4.69, 9.17) is 0 Å². The van der Waals surface area contributed by atoms with Crippen LogP contribution in [0.5, 0.6) is 0 Å². The average Bonchev–Trinajstić information content (AvgIpc) is 2.78. The molecule has 2 aliphatic heterocycles. The van der Waals surface area contributed by atoms with Crippen LogP contribution in [0.4, 0.5) is 0 Å². The highest BCUT2D eigenvalue weighted by molar-refractivity contribution is 5.83. The lowest BCUT2D eigenvalue weighted by Crippen LogP contribution is -2.40. The number of rotatable bonds is 2. The molecule has 96 valence electrons. The number of likely N-dealkylation sites (tertiary alicyclic amines) is 2. The molecule has 2 aliphatic rings. The first-order valence-electron chi connectivity index (χ1n) is 6.55. The van der Waals surface area contributed by atoms with Crippen LogP contribution in [0.25, 0.3) is 0 Å². The second-order valence-corrected chi connectivity index (χ2v) is 5.46. The minimum absolute atomic E-state index is 0.0882. The number of nitrogens with zero attached hydrogens (tertiary/aromatic N) is 2. The van der Waals surface area contributed by atoms with E-state index in [1.807, 2.05) is 4.90 Å².